The molecule has 3 aromatic rings. The van der Waals surface area contributed by atoms with Gasteiger partial charge in [0.2, 0.25) is 0 Å². The van der Waals surface area contributed by atoms with Crippen molar-refractivity contribution in [3.8, 4) is 11.4 Å². The van der Waals surface area contributed by atoms with E-state index in [0.717, 1.165) is 17.0 Å². The normalized spacial score (nSPS) is 13.6. The van der Waals surface area contributed by atoms with Crippen molar-refractivity contribution in [3.63, 3.8) is 0 Å². The number of nitrogens with one attached hydrogen (secondary N) is 1. The van der Waals surface area contributed by atoms with Gasteiger partial charge in [-0.2, -0.15) is 5.10 Å². The Morgan fingerprint density at radius 3 is 2.85 bits per heavy atom. The second kappa shape index (κ2) is 7.07. The predicted octanol–water partition coefficient (Wildman–Crippen LogP) is 2.96. The number of nitrogens with zero attached hydrogens (tertiary/aromatic N) is 4. The van der Waals surface area contributed by atoms with Crippen LogP contribution in [0.15, 0.2) is 48.9 Å². The topological polar surface area (TPSA) is 72.7 Å². The van der Waals surface area contributed by atoms with E-state index in [1.165, 1.54) is 18.5 Å². The Labute approximate surface area is 152 Å². The molecule has 1 amide bonds. The van der Waals surface area contributed by atoms with Gasteiger partial charge in [0.15, 0.2) is 0 Å². The maximum atomic E-state index is 12.3. The van der Waals surface area contributed by atoms with E-state index >= 15 is 0 Å². The third kappa shape index (κ3) is 3.64. The van der Waals surface area contributed by atoms with Crippen molar-refractivity contribution < 1.29 is 4.79 Å². The van der Waals surface area contributed by atoms with Crippen LogP contribution in [0.2, 0.25) is 0 Å². The lowest BCUT2D eigenvalue weighted by atomic mass is 10.1. The number of benzene rings is 1. The molecule has 2 aromatic heterocycles. The van der Waals surface area contributed by atoms with Crippen LogP contribution in [0.5, 0.6) is 0 Å². The van der Waals surface area contributed by atoms with Gasteiger partial charge in [-0.3, -0.25) is 19.4 Å². The molecule has 1 fully saturated rings. The zero-order chi connectivity index (χ0) is 17.9. The molecule has 6 nitrogen and oxygen atoms in total. The zero-order valence-corrected chi connectivity index (χ0v) is 14.7. The highest BCUT2D eigenvalue weighted by Gasteiger charge is 2.28. The average Bonchev–Trinajstić information content (AvgIpc) is 3.42. The highest BCUT2D eigenvalue weighted by Crippen LogP contribution is 2.41. The SMILES string of the molecule is Cc1cccc(C(=O)NCCn2nc(-c3cnccn3)cc2C2CC2)c1. The molecule has 6 heteroatoms. The molecule has 1 aromatic carbocycles. The molecular formula is C20H21N5O. The Morgan fingerprint density at radius 1 is 1.23 bits per heavy atom. The van der Waals surface area contributed by atoms with Crippen LogP contribution in [0.3, 0.4) is 0 Å². The molecule has 0 saturated heterocycles. The number of carbonyl (C=O) groups excluding carboxylic acids is 1. The van der Waals surface area contributed by atoms with Gasteiger partial charge >= 0.3 is 0 Å². The third-order valence-corrected chi connectivity index (χ3v) is 4.52. The minimum absolute atomic E-state index is 0.0528. The lowest BCUT2D eigenvalue weighted by Crippen LogP contribution is -2.28. The Morgan fingerprint density at radius 2 is 2.12 bits per heavy atom. The summed E-state index contributed by atoms with van der Waals surface area (Å²) in [4.78, 5) is 20.7. The minimum atomic E-state index is -0.0528. The van der Waals surface area contributed by atoms with Gasteiger partial charge in [0.25, 0.3) is 5.91 Å². The van der Waals surface area contributed by atoms with Crippen molar-refractivity contribution >= 4 is 5.91 Å². The van der Waals surface area contributed by atoms with Crippen LogP contribution in [0.1, 0.15) is 40.4 Å². The first-order chi connectivity index (χ1) is 12.7. The van der Waals surface area contributed by atoms with Crippen LogP contribution >= 0.6 is 0 Å². The molecule has 0 bridgehead atoms. The molecule has 0 radical (unpaired) electrons. The minimum Gasteiger partial charge on any atom is -0.350 e. The second-order valence-corrected chi connectivity index (χ2v) is 6.67. The molecular weight excluding hydrogens is 326 g/mol. The first kappa shape index (κ1) is 16.4. The fourth-order valence-electron chi connectivity index (χ4n) is 3.04. The van der Waals surface area contributed by atoms with Gasteiger partial charge in [-0.25, -0.2) is 0 Å². The van der Waals surface area contributed by atoms with Crippen molar-refractivity contribution in [1.82, 2.24) is 25.1 Å². The van der Waals surface area contributed by atoms with Crippen molar-refractivity contribution in [2.75, 3.05) is 6.54 Å². The number of rotatable bonds is 6. The van der Waals surface area contributed by atoms with Crippen LogP contribution in [0.4, 0.5) is 0 Å². The molecule has 1 saturated carbocycles. The predicted molar refractivity (Wildman–Crippen MR) is 98.7 cm³/mol. The molecule has 0 aliphatic heterocycles. The van der Waals surface area contributed by atoms with Crippen LogP contribution in [0, 0.1) is 6.92 Å². The van der Waals surface area contributed by atoms with Crippen LogP contribution in [0.25, 0.3) is 11.4 Å². The summed E-state index contributed by atoms with van der Waals surface area (Å²) in [5, 5.41) is 7.67. The smallest absolute Gasteiger partial charge is 0.251 e. The van der Waals surface area contributed by atoms with Gasteiger partial charge < -0.3 is 5.32 Å². The van der Waals surface area contributed by atoms with E-state index in [1.54, 1.807) is 18.6 Å². The maximum absolute atomic E-state index is 12.3. The number of amides is 1. The fourth-order valence-corrected chi connectivity index (χ4v) is 3.04. The van der Waals surface area contributed by atoms with Crippen molar-refractivity contribution in [3.05, 3.63) is 65.7 Å². The Balaban J connectivity index is 1.44. The van der Waals surface area contributed by atoms with E-state index in [0.29, 0.717) is 24.6 Å². The third-order valence-electron chi connectivity index (χ3n) is 4.52. The lowest BCUT2D eigenvalue weighted by Gasteiger charge is -2.08. The second-order valence-electron chi connectivity index (χ2n) is 6.67. The van der Waals surface area contributed by atoms with E-state index in [2.05, 4.69) is 26.4 Å². The van der Waals surface area contributed by atoms with Crippen LogP contribution in [-0.2, 0) is 6.54 Å². The molecule has 0 atom stereocenters. The molecule has 0 spiro atoms. The average molecular weight is 347 g/mol. The number of aromatic nitrogens is 4. The molecule has 1 aliphatic rings. The maximum Gasteiger partial charge on any atom is 0.251 e. The largest absolute Gasteiger partial charge is 0.350 e. The molecule has 132 valence electrons. The highest BCUT2D eigenvalue weighted by molar-refractivity contribution is 5.94. The van der Waals surface area contributed by atoms with E-state index in [4.69, 9.17) is 0 Å². The summed E-state index contributed by atoms with van der Waals surface area (Å²) in [5.41, 5.74) is 4.60. The number of hydrogen-bond acceptors (Lipinski definition) is 4. The summed E-state index contributed by atoms with van der Waals surface area (Å²) in [6.45, 7) is 3.16. The highest BCUT2D eigenvalue weighted by atomic mass is 16.1. The summed E-state index contributed by atoms with van der Waals surface area (Å²) < 4.78 is 2.00. The lowest BCUT2D eigenvalue weighted by molar-refractivity contribution is 0.0951. The summed E-state index contributed by atoms with van der Waals surface area (Å²) in [6.07, 6.45) is 7.45. The summed E-state index contributed by atoms with van der Waals surface area (Å²) in [6, 6.07) is 9.71. The number of hydrogen-bond donors (Lipinski definition) is 1. The Hall–Kier alpha value is -3.02. The van der Waals surface area contributed by atoms with Crippen molar-refractivity contribution in [2.24, 2.45) is 0 Å². The van der Waals surface area contributed by atoms with Gasteiger partial charge in [0.05, 0.1) is 12.7 Å². The molecule has 2 heterocycles. The standard InChI is InChI=1S/C20H21N5O/c1-14-3-2-4-16(11-14)20(26)23-9-10-25-19(15-5-6-15)12-17(24-25)18-13-21-7-8-22-18/h2-4,7-8,11-13,15H,5-6,9-10H2,1H3,(H,23,26). The first-order valence-electron chi connectivity index (χ1n) is 8.90. The molecule has 1 N–H and O–H groups in total. The van der Waals surface area contributed by atoms with Gasteiger partial charge in [-0.1, -0.05) is 17.7 Å². The Bertz CT molecular complexity index is 915. The monoisotopic (exact) mass is 347 g/mol. The van der Waals surface area contributed by atoms with Gasteiger partial charge in [0.1, 0.15) is 11.4 Å². The van der Waals surface area contributed by atoms with Gasteiger partial charge in [-0.15, -0.1) is 0 Å². The van der Waals surface area contributed by atoms with Crippen molar-refractivity contribution in [2.45, 2.75) is 32.2 Å². The van der Waals surface area contributed by atoms with Crippen LogP contribution in [-0.4, -0.2) is 32.2 Å². The van der Waals surface area contributed by atoms with Crippen molar-refractivity contribution in [1.29, 1.82) is 0 Å². The van der Waals surface area contributed by atoms with Gasteiger partial charge in [-0.05, 0) is 38.0 Å². The first-order valence-corrected chi connectivity index (χ1v) is 8.90. The molecule has 1 aliphatic carbocycles. The molecule has 26 heavy (non-hydrogen) atoms. The number of carbonyl (C=O) groups is 1. The van der Waals surface area contributed by atoms with E-state index in [1.807, 2.05) is 35.9 Å². The van der Waals surface area contributed by atoms with E-state index < -0.39 is 0 Å². The number of aryl methyl sites for hydroxylation is 1. The quantitative estimate of drug-likeness (QED) is 0.744. The fraction of sp³-hybridized carbons (Fsp3) is 0.300. The molecule has 4 rings (SSSR count). The summed E-state index contributed by atoms with van der Waals surface area (Å²) in [7, 11) is 0. The summed E-state index contributed by atoms with van der Waals surface area (Å²) in [5.74, 6) is 0.517. The van der Waals surface area contributed by atoms with E-state index in [9.17, 15) is 4.79 Å². The Kier molecular flexibility index (Phi) is 4.48. The van der Waals surface area contributed by atoms with Gasteiger partial charge in [0, 0.05) is 36.1 Å². The summed E-state index contributed by atoms with van der Waals surface area (Å²) >= 11 is 0. The van der Waals surface area contributed by atoms with Crippen LogP contribution < -0.4 is 5.32 Å². The van der Waals surface area contributed by atoms with E-state index in [-0.39, 0.29) is 5.91 Å². The zero-order valence-electron chi connectivity index (χ0n) is 14.7. The molecule has 0 unspecified atom stereocenters.